The predicted octanol–water partition coefficient (Wildman–Crippen LogP) is 1.89. The van der Waals surface area contributed by atoms with Gasteiger partial charge >= 0.3 is 0 Å². The number of carbonyl (C=O) groups is 2. The van der Waals surface area contributed by atoms with E-state index in [1.807, 2.05) is 12.2 Å². The SMILES string of the molecule is Cc1ccc(CNC(=O)c2cn3c(c(O)c2=O)C(=O)N2CC=CCC3C2)c(F)c1. The van der Waals surface area contributed by atoms with Gasteiger partial charge < -0.3 is 19.9 Å². The standard InChI is InChI=1S/C21H20FN3O4/c1-12-5-6-13(16(22)8-12)9-23-20(28)15-11-25-14-4-2-3-7-24(10-14)21(29)17(25)19(27)18(15)26/h2-3,5-6,8,11,14,27H,4,7,9-10H2,1H3,(H,23,28). The van der Waals surface area contributed by atoms with E-state index in [2.05, 4.69) is 5.32 Å². The first-order valence-electron chi connectivity index (χ1n) is 9.32. The lowest BCUT2D eigenvalue weighted by Crippen LogP contribution is -2.44. The van der Waals surface area contributed by atoms with E-state index in [1.54, 1.807) is 24.0 Å². The van der Waals surface area contributed by atoms with Gasteiger partial charge in [-0.1, -0.05) is 24.3 Å². The minimum Gasteiger partial charge on any atom is -0.503 e. The average molecular weight is 397 g/mol. The van der Waals surface area contributed by atoms with Crippen LogP contribution in [0.25, 0.3) is 0 Å². The fourth-order valence-corrected chi connectivity index (χ4v) is 3.72. The van der Waals surface area contributed by atoms with Crippen molar-refractivity contribution >= 4 is 11.8 Å². The van der Waals surface area contributed by atoms with Crippen molar-refractivity contribution in [3.8, 4) is 5.75 Å². The van der Waals surface area contributed by atoms with Gasteiger partial charge in [-0.3, -0.25) is 14.4 Å². The number of aryl methyl sites for hydroxylation is 1. The van der Waals surface area contributed by atoms with E-state index in [9.17, 15) is 23.9 Å². The van der Waals surface area contributed by atoms with Crippen molar-refractivity contribution in [2.24, 2.45) is 0 Å². The molecule has 7 nitrogen and oxygen atoms in total. The molecule has 2 aliphatic heterocycles. The molecule has 0 fully saturated rings. The van der Waals surface area contributed by atoms with Crippen molar-refractivity contribution < 1.29 is 19.1 Å². The highest BCUT2D eigenvalue weighted by atomic mass is 19.1. The van der Waals surface area contributed by atoms with Gasteiger partial charge in [-0.2, -0.15) is 0 Å². The topological polar surface area (TPSA) is 91.6 Å². The number of allylic oxidation sites excluding steroid dienone is 1. The Morgan fingerprint density at radius 3 is 2.86 bits per heavy atom. The molecule has 0 saturated carbocycles. The number of carbonyl (C=O) groups excluding carboxylic acids is 2. The smallest absolute Gasteiger partial charge is 0.274 e. The van der Waals surface area contributed by atoms with Crippen LogP contribution in [0, 0.1) is 12.7 Å². The van der Waals surface area contributed by atoms with E-state index < -0.39 is 28.8 Å². The van der Waals surface area contributed by atoms with Gasteiger partial charge in [0.2, 0.25) is 5.43 Å². The molecule has 0 aliphatic carbocycles. The van der Waals surface area contributed by atoms with E-state index in [4.69, 9.17) is 0 Å². The molecule has 29 heavy (non-hydrogen) atoms. The van der Waals surface area contributed by atoms with E-state index in [-0.39, 0.29) is 29.4 Å². The van der Waals surface area contributed by atoms with Crippen molar-refractivity contribution in [2.45, 2.75) is 25.9 Å². The number of benzene rings is 1. The maximum atomic E-state index is 14.0. The van der Waals surface area contributed by atoms with Crippen LogP contribution in [-0.2, 0) is 6.54 Å². The third-order valence-corrected chi connectivity index (χ3v) is 5.32. The van der Waals surface area contributed by atoms with E-state index in [1.165, 1.54) is 16.8 Å². The third kappa shape index (κ3) is 3.30. The van der Waals surface area contributed by atoms with Crippen LogP contribution in [-0.4, -0.2) is 39.5 Å². The summed E-state index contributed by atoms with van der Waals surface area (Å²) in [5, 5.41) is 12.9. The van der Waals surface area contributed by atoms with Crippen LogP contribution in [0.1, 0.15) is 44.4 Å². The van der Waals surface area contributed by atoms with Crippen LogP contribution in [0.2, 0.25) is 0 Å². The van der Waals surface area contributed by atoms with Crippen molar-refractivity contribution in [3.05, 3.63) is 75.0 Å². The molecule has 3 heterocycles. The molecule has 1 atom stereocenters. The lowest BCUT2D eigenvalue weighted by atomic mass is 10.1. The first-order valence-corrected chi connectivity index (χ1v) is 9.32. The zero-order chi connectivity index (χ0) is 20.7. The number of nitrogens with one attached hydrogen (secondary N) is 1. The van der Waals surface area contributed by atoms with Crippen LogP contribution in [0.15, 0.2) is 41.3 Å². The van der Waals surface area contributed by atoms with Crippen LogP contribution in [0.4, 0.5) is 4.39 Å². The summed E-state index contributed by atoms with van der Waals surface area (Å²) in [6.45, 7) is 2.49. The lowest BCUT2D eigenvalue weighted by molar-refractivity contribution is 0.0688. The molecule has 150 valence electrons. The quantitative estimate of drug-likeness (QED) is 0.774. The summed E-state index contributed by atoms with van der Waals surface area (Å²) in [5.74, 6) is -2.37. The monoisotopic (exact) mass is 397 g/mol. The fraction of sp³-hybridized carbons (Fsp3) is 0.286. The molecule has 8 heteroatoms. The summed E-state index contributed by atoms with van der Waals surface area (Å²) in [6.07, 6.45) is 5.72. The number of hydrogen-bond acceptors (Lipinski definition) is 4. The second-order valence-electron chi connectivity index (χ2n) is 7.32. The summed E-state index contributed by atoms with van der Waals surface area (Å²) >= 11 is 0. The van der Waals surface area contributed by atoms with Gasteiger partial charge in [-0.05, 0) is 25.0 Å². The highest BCUT2D eigenvalue weighted by Crippen LogP contribution is 2.29. The van der Waals surface area contributed by atoms with Gasteiger partial charge in [0.25, 0.3) is 11.8 Å². The molecule has 0 spiro atoms. The van der Waals surface area contributed by atoms with E-state index in [0.29, 0.717) is 19.5 Å². The molecule has 0 saturated heterocycles. The number of hydrogen-bond donors (Lipinski definition) is 2. The number of halogens is 1. The zero-order valence-electron chi connectivity index (χ0n) is 15.8. The third-order valence-electron chi connectivity index (χ3n) is 5.32. The molecule has 4 rings (SSSR count). The fourth-order valence-electron chi connectivity index (χ4n) is 3.72. The minimum atomic E-state index is -0.917. The number of pyridine rings is 1. The Morgan fingerprint density at radius 1 is 1.31 bits per heavy atom. The van der Waals surface area contributed by atoms with Gasteiger partial charge in [0.05, 0.1) is 6.04 Å². The number of aromatic hydroxyl groups is 1. The van der Waals surface area contributed by atoms with E-state index >= 15 is 0 Å². The van der Waals surface area contributed by atoms with Crippen LogP contribution < -0.4 is 10.7 Å². The number of fused-ring (bicyclic) bond motifs is 4. The summed E-state index contributed by atoms with van der Waals surface area (Å²) < 4.78 is 15.5. The number of rotatable bonds is 3. The molecular weight excluding hydrogens is 377 g/mol. The maximum Gasteiger partial charge on any atom is 0.274 e. The highest BCUT2D eigenvalue weighted by molar-refractivity contribution is 5.99. The number of amides is 2. The average Bonchev–Trinajstić information content (AvgIpc) is 2.91. The van der Waals surface area contributed by atoms with Gasteiger partial charge in [0, 0.05) is 31.4 Å². The number of nitrogens with zero attached hydrogens (tertiary/aromatic N) is 2. The molecule has 2 N–H and O–H groups in total. The first kappa shape index (κ1) is 18.9. The molecule has 1 aromatic carbocycles. The summed E-state index contributed by atoms with van der Waals surface area (Å²) in [4.78, 5) is 39.4. The Kier molecular flexibility index (Phi) is 4.70. The molecular formula is C21H20FN3O4. The molecule has 0 radical (unpaired) electrons. The van der Waals surface area contributed by atoms with Gasteiger partial charge in [-0.25, -0.2) is 4.39 Å². The Morgan fingerprint density at radius 2 is 2.10 bits per heavy atom. The van der Waals surface area contributed by atoms with Crippen LogP contribution in [0.5, 0.6) is 5.75 Å². The molecule has 2 amide bonds. The molecule has 2 aromatic rings. The Hall–Kier alpha value is -3.42. The Labute approximate surface area is 166 Å². The largest absolute Gasteiger partial charge is 0.503 e. The maximum absolute atomic E-state index is 14.0. The Balaban J connectivity index is 1.66. The highest BCUT2D eigenvalue weighted by Gasteiger charge is 2.35. The Bertz CT molecular complexity index is 1110. The minimum absolute atomic E-state index is 0.101. The van der Waals surface area contributed by atoms with Crippen LogP contribution in [0.3, 0.4) is 0 Å². The second kappa shape index (κ2) is 7.20. The summed E-state index contributed by atoms with van der Waals surface area (Å²) in [5.41, 5.74) is -0.263. The normalized spacial score (nSPS) is 17.7. The lowest BCUT2D eigenvalue weighted by Gasteiger charge is -2.34. The van der Waals surface area contributed by atoms with E-state index in [0.717, 1.165) is 5.56 Å². The molecule has 1 unspecified atom stereocenters. The van der Waals surface area contributed by atoms with Crippen molar-refractivity contribution in [3.63, 3.8) is 0 Å². The van der Waals surface area contributed by atoms with Crippen molar-refractivity contribution in [2.75, 3.05) is 13.1 Å². The van der Waals surface area contributed by atoms with Gasteiger partial charge in [0.1, 0.15) is 11.4 Å². The summed E-state index contributed by atoms with van der Waals surface area (Å²) in [6, 6.07) is 4.46. The molecule has 2 aliphatic rings. The van der Waals surface area contributed by atoms with Crippen molar-refractivity contribution in [1.29, 1.82) is 0 Å². The second-order valence-corrected chi connectivity index (χ2v) is 7.32. The summed E-state index contributed by atoms with van der Waals surface area (Å²) in [7, 11) is 0. The van der Waals surface area contributed by atoms with Gasteiger partial charge in [0.15, 0.2) is 11.4 Å². The van der Waals surface area contributed by atoms with Crippen molar-refractivity contribution in [1.82, 2.24) is 14.8 Å². The van der Waals surface area contributed by atoms with Gasteiger partial charge in [-0.15, -0.1) is 0 Å². The zero-order valence-corrected chi connectivity index (χ0v) is 15.8. The molecule has 2 bridgehead atoms. The van der Waals surface area contributed by atoms with Crippen LogP contribution >= 0.6 is 0 Å². The molecule has 1 aromatic heterocycles. The first-order chi connectivity index (χ1) is 13.9. The number of aromatic nitrogens is 1. The predicted molar refractivity (Wildman–Crippen MR) is 103 cm³/mol.